The van der Waals surface area contributed by atoms with Crippen LogP contribution < -0.4 is 0 Å². The Morgan fingerprint density at radius 2 is 1.50 bits per heavy atom. The average Bonchev–Trinajstić information content (AvgIpc) is 3.52. The zero-order valence-electron chi connectivity index (χ0n) is 20.6. The highest BCUT2D eigenvalue weighted by molar-refractivity contribution is 7.89. The van der Waals surface area contributed by atoms with E-state index in [1.807, 2.05) is 67.6 Å². The van der Waals surface area contributed by atoms with Crippen molar-refractivity contribution in [3.05, 3.63) is 102 Å². The van der Waals surface area contributed by atoms with Gasteiger partial charge >= 0.3 is 0 Å². The Balaban J connectivity index is 1.46. The van der Waals surface area contributed by atoms with E-state index in [2.05, 4.69) is 4.90 Å². The van der Waals surface area contributed by atoms with Crippen LogP contribution in [0.2, 0.25) is 0 Å². The monoisotopic (exact) mass is 506 g/mol. The van der Waals surface area contributed by atoms with Gasteiger partial charge in [0.25, 0.3) is 0 Å². The summed E-state index contributed by atoms with van der Waals surface area (Å²) in [4.78, 5) is 2.47. The van der Waals surface area contributed by atoms with E-state index < -0.39 is 21.7 Å². The van der Waals surface area contributed by atoms with E-state index in [0.717, 1.165) is 36.1 Å². The third kappa shape index (κ3) is 4.62. The van der Waals surface area contributed by atoms with Crippen molar-refractivity contribution in [1.82, 2.24) is 9.21 Å². The van der Waals surface area contributed by atoms with E-state index in [1.54, 1.807) is 24.3 Å². The molecule has 0 unspecified atom stereocenters. The standard InChI is InChI=1S/C29H34N2O4S/c1-22-14-16-27(17-15-22)36(34,35)31-21-26(32)19-25(31)20-30-18-8-13-28(30)29(33,23-9-4-2-5-10-23)24-11-6-3-7-12-24/h2-7,9-12,14-17,25-26,28,32-33H,8,13,18-21H2,1H3/t25-,26+,28-/m0/s1. The summed E-state index contributed by atoms with van der Waals surface area (Å²) in [6.45, 7) is 3.22. The molecule has 3 aromatic carbocycles. The lowest BCUT2D eigenvalue weighted by Crippen LogP contribution is -2.52. The summed E-state index contributed by atoms with van der Waals surface area (Å²) < 4.78 is 28.5. The molecule has 2 aliphatic rings. The van der Waals surface area contributed by atoms with Crippen molar-refractivity contribution in [3.63, 3.8) is 0 Å². The topological polar surface area (TPSA) is 81.1 Å². The van der Waals surface area contributed by atoms with Crippen LogP contribution >= 0.6 is 0 Å². The van der Waals surface area contributed by atoms with Gasteiger partial charge in [0.1, 0.15) is 5.60 Å². The molecule has 6 nitrogen and oxygen atoms in total. The third-order valence-electron chi connectivity index (χ3n) is 7.69. The summed E-state index contributed by atoms with van der Waals surface area (Å²) in [6.07, 6.45) is 1.37. The molecule has 2 heterocycles. The highest BCUT2D eigenvalue weighted by atomic mass is 32.2. The number of β-amino-alcohol motifs (C(OH)–C–C–N with tert-alkyl or cyclic N) is 1. The molecule has 0 spiro atoms. The van der Waals surface area contributed by atoms with Crippen molar-refractivity contribution in [2.24, 2.45) is 0 Å². The number of likely N-dealkylation sites (tertiary alicyclic amines) is 1. The minimum absolute atomic E-state index is 0.0843. The number of hydrogen-bond donors (Lipinski definition) is 2. The summed E-state index contributed by atoms with van der Waals surface area (Å²) in [6, 6.07) is 25.7. The van der Waals surface area contributed by atoms with Gasteiger partial charge in [-0.3, -0.25) is 4.90 Å². The first-order chi connectivity index (χ1) is 17.3. The molecule has 0 aromatic heterocycles. The molecule has 2 fully saturated rings. The molecule has 190 valence electrons. The van der Waals surface area contributed by atoms with E-state index in [4.69, 9.17) is 0 Å². The highest BCUT2D eigenvalue weighted by Crippen LogP contribution is 2.41. The molecular weight excluding hydrogens is 472 g/mol. The predicted molar refractivity (Wildman–Crippen MR) is 140 cm³/mol. The van der Waals surface area contributed by atoms with E-state index in [9.17, 15) is 18.6 Å². The van der Waals surface area contributed by atoms with E-state index in [0.29, 0.717) is 13.0 Å². The lowest BCUT2D eigenvalue weighted by atomic mass is 9.79. The van der Waals surface area contributed by atoms with Crippen LogP contribution in [0, 0.1) is 6.92 Å². The molecule has 3 atom stereocenters. The van der Waals surface area contributed by atoms with E-state index in [1.165, 1.54) is 4.31 Å². The molecular formula is C29H34N2O4S. The number of hydrogen-bond acceptors (Lipinski definition) is 5. The smallest absolute Gasteiger partial charge is 0.243 e. The summed E-state index contributed by atoms with van der Waals surface area (Å²) in [5.74, 6) is 0. The Morgan fingerprint density at radius 1 is 0.917 bits per heavy atom. The molecule has 7 heteroatoms. The lowest BCUT2D eigenvalue weighted by molar-refractivity contribution is -0.00797. The number of aliphatic hydroxyl groups is 2. The van der Waals surface area contributed by atoms with Crippen LogP contribution in [0.5, 0.6) is 0 Å². The first-order valence-electron chi connectivity index (χ1n) is 12.6. The molecule has 0 aliphatic carbocycles. The van der Waals surface area contributed by atoms with Crippen LogP contribution in [0.3, 0.4) is 0 Å². The maximum atomic E-state index is 13.5. The fourth-order valence-electron chi connectivity index (χ4n) is 5.89. The second-order valence-corrected chi connectivity index (χ2v) is 12.0. The first kappa shape index (κ1) is 25.1. The lowest BCUT2D eigenvalue weighted by Gasteiger charge is -2.41. The van der Waals surface area contributed by atoms with Crippen molar-refractivity contribution >= 4 is 10.0 Å². The second kappa shape index (κ2) is 10.1. The highest BCUT2D eigenvalue weighted by Gasteiger charge is 2.48. The van der Waals surface area contributed by atoms with Gasteiger partial charge in [-0.05, 0) is 56.0 Å². The largest absolute Gasteiger partial charge is 0.392 e. The number of sulfonamides is 1. The molecule has 5 rings (SSSR count). The molecule has 3 aromatic rings. The van der Waals surface area contributed by atoms with E-state index >= 15 is 0 Å². The van der Waals surface area contributed by atoms with Crippen LogP contribution in [-0.4, -0.2) is 65.7 Å². The van der Waals surface area contributed by atoms with Crippen molar-refractivity contribution in [3.8, 4) is 0 Å². The third-order valence-corrected chi connectivity index (χ3v) is 9.62. The van der Waals surface area contributed by atoms with Crippen molar-refractivity contribution in [2.75, 3.05) is 19.6 Å². The van der Waals surface area contributed by atoms with Crippen LogP contribution in [0.15, 0.2) is 89.8 Å². The van der Waals surface area contributed by atoms with Gasteiger partial charge in [-0.25, -0.2) is 8.42 Å². The van der Waals surface area contributed by atoms with Crippen LogP contribution in [0.4, 0.5) is 0 Å². The molecule has 2 N–H and O–H groups in total. The fraction of sp³-hybridized carbons (Fsp3) is 0.379. The van der Waals surface area contributed by atoms with Gasteiger partial charge in [-0.15, -0.1) is 0 Å². The molecule has 2 aliphatic heterocycles. The van der Waals surface area contributed by atoms with E-state index in [-0.39, 0.29) is 23.5 Å². The Morgan fingerprint density at radius 3 is 2.08 bits per heavy atom. The maximum absolute atomic E-state index is 13.5. The Labute approximate surface area is 213 Å². The molecule has 0 radical (unpaired) electrons. The zero-order chi connectivity index (χ0) is 25.3. The second-order valence-electron chi connectivity index (χ2n) is 10.1. The van der Waals surface area contributed by atoms with Gasteiger partial charge in [0.05, 0.1) is 11.0 Å². The Bertz CT molecular complexity index is 1230. The van der Waals surface area contributed by atoms with Gasteiger partial charge < -0.3 is 10.2 Å². The van der Waals surface area contributed by atoms with Gasteiger partial charge in [0.2, 0.25) is 10.0 Å². The average molecular weight is 507 g/mol. The number of rotatable bonds is 7. The SMILES string of the molecule is Cc1ccc(S(=O)(=O)N2C[C@H](O)C[C@H]2CN2CCC[C@H]2C(O)(c2ccccc2)c2ccccc2)cc1. The number of nitrogens with zero attached hydrogens (tertiary/aromatic N) is 2. The molecule has 2 saturated heterocycles. The fourth-order valence-corrected chi connectivity index (χ4v) is 7.56. The summed E-state index contributed by atoms with van der Waals surface area (Å²) in [5.41, 5.74) is 1.40. The van der Waals surface area contributed by atoms with Gasteiger partial charge in [0, 0.05) is 25.2 Å². The van der Waals surface area contributed by atoms with Crippen LogP contribution in [-0.2, 0) is 15.6 Å². The van der Waals surface area contributed by atoms with Crippen LogP contribution in [0.25, 0.3) is 0 Å². The Hall–Kier alpha value is -2.55. The molecule has 0 bridgehead atoms. The van der Waals surface area contributed by atoms with Crippen molar-refractivity contribution in [2.45, 2.75) is 54.9 Å². The van der Waals surface area contributed by atoms with Crippen molar-refractivity contribution < 1.29 is 18.6 Å². The summed E-state index contributed by atoms with van der Waals surface area (Å²) in [5, 5.41) is 22.9. The maximum Gasteiger partial charge on any atom is 0.243 e. The normalized spacial score (nSPS) is 23.8. The number of aliphatic hydroxyl groups excluding tert-OH is 1. The zero-order valence-corrected chi connectivity index (χ0v) is 21.4. The van der Waals surface area contributed by atoms with Crippen molar-refractivity contribution in [1.29, 1.82) is 0 Å². The quantitative estimate of drug-likeness (QED) is 0.513. The molecule has 0 amide bonds. The van der Waals surface area contributed by atoms with Gasteiger partial charge in [-0.2, -0.15) is 4.31 Å². The number of benzene rings is 3. The van der Waals surface area contributed by atoms with Crippen LogP contribution in [0.1, 0.15) is 36.0 Å². The first-order valence-corrected chi connectivity index (χ1v) is 14.1. The summed E-state index contributed by atoms with van der Waals surface area (Å²) >= 11 is 0. The molecule has 0 saturated carbocycles. The number of aryl methyl sites for hydroxylation is 1. The van der Waals surface area contributed by atoms with Gasteiger partial charge in [-0.1, -0.05) is 78.4 Å². The molecule has 36 heavy (non-hydrogen) atoms. The minimum Gasteiger partial charge on any atom is -0.392 e. The summed E-state index contributed by atoms with van der Waals surface area (Å²) in [7, 11) is -3.75. The predicted octanol–water partition coefficient (Wildman–Crippen LogP) is 3.52. The Kier molecular flexibility index (Phi) is 7.03. The van der Waals surface area contributed by atoms with Gasteiger partial charge in [0.15, 0.2) is 0 Å². The minimum atomic E-state index is -3.75.